The first-order chi connectivity index (χ1) is 11.0. The van der Waals surface area contributed by atoms with Gasteiger partial charge in [-0.25, -0.2) is 8.42 Å². The number of sulfonamides is 1. The van der Waals surface area contributed by atoms with Crippen LogP contribution in [0.2, 0.25) is 0 Å². The fourth-order valence-corrected chi connectivity index (χ4v) is 4.52. The minimum absolute atomic E-state index is 0.213. The highest BCUT2D eigenvalue weighted by molar-refractivity contribution is 7.89. The first kappa shape index (κ1) is 16.0. The fraction of sp³-hybridized carbons (Fsp3) is 0.333. The molecule has 0 saturated carbocycles. The van der Waals surface area contributed by atoms with Crippen molar-refractivity contribution in [3.63, 3.8) is 0 Å². The van der Waals surface area contributed by atoms with Gasteiger partial charge in [-0.1, -0.05) is 24.6 Å². The molecule has 2 aromatic rings. The van der Waals surface area contributed by atoms with E-state index in [1.54, 1.807) is 40.7 Å². The van der Waals surface area contributed by atoms with Crippen molar-refractivity contribution in [2.24, 2.45) is 0 Å². The Kier molecular flexibility index (Phi) is 4.41. The summed E-state index contributed by atoms with van der Waals surface area (Å²) >= 11 is 0. The predicted octanol–water partition coefficient (Wildman–Crippen LogP) is 3.54. The molecule has 0 bridgehead atoms. The van der Waals surface area contributed by atoms with E-state index in [9.17, 15) is 13.5 Å². The Morgan fingerprint density at radius 1 is 0.913 bits per heavy atom. The van der Waals surface area contributed by atoms with Crippen molar-refractivity contribution in [1.82, 2.24) is 4.31 Å². The summed E-state index contributed by atoms with van der Waals surface area (Å²) in [6.45, 7) is 3.13. The molecule has 0 atom stereocenters. The molecule has 23 heavy (non-hydrogen) atoms. The lowest BCUT2D eigenvalue weighted by atomic mass is 10.0. The van der Waals surface area contributed by atoms with E-state index in [-0.39, 0.29) is 5.75 Å². The van der Waals surface area contributed by atoms with Crippen LogP contribution in [0.5, 0.6) is 5.75 Å². The average molecular weight is 331 g/mol. The van der Waals surface area contributed by atoms with E-state index in [2.05, 4.69) is 0 Å². The number of aryl methyl sites for hydroxylation is 1. The summed E-state index contributed by atoms with van der Waals surface area (Å²) < 4.78 is 26.8. The molecule has 0 amide bonds. The van der Waals surface area contributed by atoms with Crippen molar-refractivity contribution in [2.75, 3.05) is 13.1 Å². The number of piperidine rings is 1. The molecule has 1 heterocycles. The van der Waals surface area contributed by atoms with E-state index in [1.165, 1.54) is 0 Å². The first-order valence-corrected chi connectivity index (χ1v) is 9.32. The third kappa shape index (κ3) is 3.41. The Hall–Kier alpha value is -1.85. The zero-order valence-electron chi connectivity index (χ0n) is 13.2. The van der Waals surface area contributed by atoms with Gasteiger partial charge < -0.3 is 5.11 Å². The lowest BCUT2D eigenvalue weighted by Crippen LogP contribution is -2.35. The van der Waals surface area contributed by atoms with Gasteiger partial charge in [0.15, 0.2) is 0 Å². The molecule has 0 radical (unpaired) electrons. The van der Waals surface area contributed by atoms with Gasteiger partial charge in [-0.3, -0.25) is 0 Å². The highest BCUT2D eigenvalue weighted by atomic mass is 32.2. The molecule has 1 aliphatic heterocycles. The van der Waals surface area contributed by atoms with Gasteiger partial charge in [-0.05, 0) is 60.7 Å². The van der Waals surface area contributed by atoms with Crippen molar-refractivity contribution >= 4 is 10.0 Å². The maximum absolute atomic E-state index is 12.6. The molecule has 5 heteroatoms. The number of nitrogens with zero attached hydrogens (tertiary/aromatic N) is 1. The third-order valence-corrected chi connectivity index (χ3v) is 6.12. The van der Waals surface area contributed by atoms with Crippen molar-refractivity contribution in [2.45, 2.75) is 31.1 Å². The Labute approximate surface area is 137 Å². The van der Waals surface area contributed by atoms with E-state index in [0.717, 1.165) is 36.0 Å². The number of benzene rings is 2. The minimum atomic E-state index is -3.39. The second-order valence-corrected chi connectivity index (χ2v) is 7.98. The average Bonchev–Trinajstić information content (AvgIpc) is 2.55. The normalized spacial score (nSPS) is 16.4. The zero-order chi connectivity index (χ0) is 16.4. The molecule has 3 rings (SSSR count). The Morgan fingerprint density at radius 3 is 2.17 bits per heavy atom. The second-order valence-electron chi connectivity index (χ2n) is 6.05. The quantitative estimate of drug-likeness (QED) is 0.936. The monoisotopic (exact) mass is 331 g/mol. The molecule has 0 unspecified atom stereocenters. The maximum atomic E-state index is 12.6. The lowest BCUT2D eigenvalue weighted by Gasteiger charge is -2.25. The molecule has 1 N–H and O–H groups in total. The molecule has 1 fully saturated rings. The molecule has 0 aromatic heterocycles. The van der Waals surface area contributed by atoms with Crippen LogP contribution in [-0.4, -0.2) is 30.9 Å². The number of phenols is 1. The van der Waals surface area contributed by atoms with Crippen LogP contribution in [-0.2, 0) is 10.0 Å². The summed E-state index contributed by atoms with van der Waals surface area (Å²) in [5.74, 6) is 0.213. The number of rotatable bonds is 3. The number of phenolic OH excluding ortho intramolecular Hbond substituents is 1. The van der Waals surface area contributed by atoms with Gasteiger partial charge >= 0.3 is 0 Å². The zero-order valence-corrected chi connectivity index (χ0v) is 14.0. The molecule has 122 valence electrons. The SMILES string of the molecule is Cc1cc(O)cc(-c2ccc(S(=O)(=O)N3CCCCC3)cc2)c1. The molecule has 4 nitrogen and oxygen atoms in total. The molecule has 1 aliphatic rings. The van der Waals surface area contributed by atoms with Crippen molar-refractivity contribution in [3.05, 3.63) is 48.0 Å². The Balaban J connectivity index is 1.89. The maximum Gasteiger partial charge on any atom is 0.243 e. The van der Waals surface area contributed by atoms with Crippen molar-refractivity contribution < 1.29 is 13.5 Å². The fourth-order valence-electron chi connectivity index (χ4n) is 3.00. The van der Waals surface area contributed by atoms with Gasteiger partial charge in [0.05, 0.1) is 4.90 Å². The lowest BCUT2D eigenvalue weighted by molar-refractivity contribution is 0.346. The number of hydrogen-bond donors (Lipinski definition) is 1. The standard InChI is InChI=1S/C18H21NO3S/c1-14-11-16(13-17(20)12-14)15-5-7-18(8-6-15)23(21,22)19-9-3-2-4-10-19/h5-8,11-13,20H,2-4,9-10H2,1H3. The van der Waals surface area contributed by atoms with Gasteiger partial charge in [0.25, 0.3) is 0 Å². The van der Waals surface area contributed by atoms with Crippen molar-refractivity contribution in [1.29, 1.82) is 0 Å². The van der Waals surface area contributed by atoms with E-state index in [4.69, 9.17) is 0 Å². The van der Waals surface area contributed by atoms with Gasteiger partial charge in [0.2, 0.25) is 10.0 Å². The van der Waals surface area contributed by atoms with Crippen LogP contribution in [0.3, 0.4) is 0 Å². The minimum Gasteiger partial charge on any atom is -0.508 e. The van der Waals surface area contributed by atoms with Crippen LogP contribution in [0.4, 0.5) is 0 Å². The van der Waals surface area contributed by atoms with Crippen LogP contribution in [0.15, 0.2) is 47.4 Å². The highest BCUT2D eigenvalue weighted by Gasteiger charge is 2.25. The summed E-state index contributed by atoms with van der Waals surface area (Å²) in [5, 5.41) is 9.71. The Bertz CT molecular complexity index is 771. The largest absolute Gasteiger partial charge is 0.508 e. The molecular formula is C18H21NO3S. The van der Waals surface area contributed by atoms with Gasteiger partial charge in [-0.2, -0.15) is 4.31 Å². The molecule has 1 saturated heterocycles. The summed E-state index contributed by atoms with van der Waals surface area (Å²) in [6, 6.07) is 12.2. The van der Waals surface area contributed by atoms with E-state index in [0.29, 0.717) is 18.0 Å². The first-order valence-electron chi connectivity index (χ1n) is 7.88. The van der Waals surface area contributed by atoms with Gasteiger partial charge in [0, 0.05) is 13.1 Å². The van der Waals surface area contributed by atoms with Gasteiger partial charge in [0.1, 0.15) is 5.75 Å². The van der Waals surface area contributed by atoms with Gasteiger partial charge in [-0.15, -0.1) is 0 Å². The third-order valence-electron chi connectivity index (χ3n) is 4.20. The molecule has 0 spiro atoms. The second kappa shape index (κ2) is 6.34. The smallest absolute Gasteiger partial charge is 0.243 e. The van der Waals surface area contributed by atoms with Crippen molar-refractivity contribution in [3.8, 4) is 16.9 Å². The molecular weight excluding hydrogens is 310 g/mol. The van der Waals surface area contributed by atoms with Crippen LogP contribution in [0, 0.1) is 6.92 Å². The van der Waals surface area contributed by atoms with Crippen LogP contribution >= 0.6 is 0 Å². The Morgan fingerprint density at radius 2 is 1.57 bits per heavy atom. The number of aromatic hydroxyl groups is 1. The van der Waals surface area contributed by atoms with Crippen LogP contribution in [0.25, 0.3) is 11.1 Å². The predicted molar refractivity (Wildman–Crippen MR) is 90.9 cm³/mol. The summed E-state index contributed by atoms with van der Waals surface area (Å²) in [5.41, 5.74) is 2.73. The van der Waals surface area contributed by atoms with E-state index in [1.807, 2.05) is 13.0 Å². The molecule has 2 aromatic carbocycles. The number of hydrogen-bond acceptors (Lipinski definition) is 3. The van der Waals surface area contributed by atoms with E-state index < -0.39 is 10.0 Å². The van der Waals surface area contributed by atoms with Crippen LogP contribution < -0.4 is 0 Å². The summed E-state index contributed by atoms with van der Waals surface area (Å²) in [7, 11) is -3.39. The summed E-state index contributed by atoms with van der Waals surface area (Å²) in [6.07, 6.45) is 2.96. The summed E-state index contributed by atoms with van der Waals surface area (Å²) in [4.78, 5) is 0.333. The topological polar surface area (TPSA) is 57.6 Å². The van der Waals surface area contributed by atoms with E-state index >= 15 is 0 Å². The molecule has 0 aliphatic carbocycles. The van der Waals surface area contributed by atoms with Crippen LogP contribution in [0.1, 0.15) is 24.8 Å². The highest BCUT2D eigenvalue weighted by Crippen LogP contribution is 2.27.